The second-order valence-electron chi connectivity index (χ2n) is 2.52. The minimum Gasteiger partial charge on any atom is -0.496 e. The van der Waals surface area contributed by atoms with E-state index in [0.29, 0.717) is 0 Å². The fourth-order valence-electron chi connectivity index (χ4n) is 0.976. The Morgan fingerprint density at radius 3 is 2.67 bits per heavy atom. The highest BCUT2D eigenvalue weighted by Gasteiger charge is 2.21. The third-order valence-corrected chi connectivity index (χ3v) is 2.19. The molecule has 0 amide bonds. The highest BCUT2D eigenvalue weighted by Crippen LogP contribution is 2.29. The number of aromatic carboxylic acids is 1. The molecule has 1 heterocycles. The summed E-state index contributed by atoms with van der Waals surface area (Å²) in [4.78, 5) is 14.2. The standard InChI is InChI=1S/C8H6BrF2NO3/c1-15-4-2-3(7(10)11)12-6(9)5(4)8(13)14/h2,7H,1H3,(H,13,14). The zero-order valence-corrected chi connectivity index (χ0v) is 9.09. The van der Waals surface area contributed by atoms with E-state index in [0.717, 1.165) is 6.07 Å². The lowest BCUT2D eigenvalue weighted by atomic mass is 10.2. The van der Waals surface area contributed by atoms with Gasteiger partial charge in [-0.2, -0.15) is 0 Å². The van der Waals surface area contributed by atoms with Crippen LogP contribution in [0.15, 0.2) is 10.7 Å². The van der Waals surface area contributed by atoms with Gasteiger partial charge in [-0.3, -0.25) is 0 Å². The molecular formula is C8H6BrF2NO3. The van der Waals surface area contributed by atoms with Crippen molar-refractivity contribution in [2.24, 2.45) is 0 Å². The summed E-state index contributed by atoms with van der Waals surface area (Å²) in [7, 11) is 1.20. The van der Waals surface area contributed by atoms with Crippen LogP contribution in [0.25, 0.3) is 0 Å². The first kappa shape index (κ1) is 11.8. The number of ether oxygens (including phenoxy) is 1. The van der Waals surface area contributed by atoms with Crippen molar-refractivity contribution >= 4 is 21.9 Å². The number of alkyl halides is 2. The quantitative estimate of drug-likeness (QED) is 0.865. The highest BCUT2D eigenvalue weighted by molar-refractivity contribution is 9.10. The highest BCUT2D eigenvalue weighted by atomic mass is 79.9. The van der Waals surface area contributed by atoms with E-state index in [2.05, 4.69) is 20.9 Å². The number of methoxy groups -OCH3 is 1. The number of halogens is 3. The lowest BCUT2D eigenvalue weighted by Gasteiger charge is -2.08. The number of carboxylic acids is 1. The summed E-state index contributed by atoms with van der Waals surface area (Å²) in [5.74, 6) is -1.45. The third-order valence-electron chi connectivity index (χ3n) is 1.62. The van der Waals surface area contributed by atoms with Crippen molar-refractivity contribution in [3.05, 3.63) is 21.9 Å². The molecule has 82 valence electrons. The number of aromatic nitrogens is 1. The smallest absolute Gasteiger partial charge is 0.342 e. The van der Waals surface area contributed by atoms with Crippen LogP contribution in [-0.4, -0.2) is 23.2 Å². The summed E-state index contributed by atoms with van der Waals surface area (Å²) in [5, 5.41) is 8.77. The summed E-state index contributed by atoms with van der Waals surface area (Å²) in [6, 6.07) is 0.902. The van der Waals surface area contributed by atoms with E-state index < -0.39 is 18.1 Å². The normalized spacial score (nSPS) is 10.5. The van der Waals surface area contributed by atoms with Crippen LogP contribution >= 0.6 is 15.9 Å². The van der Waals surface area contributed by atoms with E-state index in [9.17, 15) is 13.6 Å². The minimum atomic E-state index is -2.78. The molecule has 0 fully saturated rings. The average Bonchev–Trinajstić information content (AvgIpc) is 2.15. The van der Waals surface area contributed by atoms with E-state index in [-0.39, 0.29) is 15.9 Å². The molecule has 1 aromatic rings. The van der Waals surface area contributed by atoms with Crippen LogP contribution in [0, 0.1) is 0 Å². The van der Waals surface area contributed by atoms with Crippen molar-refractivity contribution in [2.45, 2.75) is 6.43 Å². The fourth-order valence-corrected chi connectivity index (χ4v) is 1.55. The zero-order valence-electron chi connectivity index (χ0n) is 7.50. The first-order valence-electron chi connectivity index (χ1n) is 3.73. The number of carboxylic acid groups (broad SMARTS) is 1. The summed E-state index contributed by atoms with van der Waals surface area (Å²) >= 11 is 2.80. The van der Waals surface area contributed by atoms with Crippen LogP contribution in [-0.2, 0) is 0 Å². The van der Waals surface area contributed by atoms with Crippen molar-refractivity contribution in [2.75, 3.05) is 7.11 Å². The molecule has 1 N–H and O–H groups in total. The predicted octanol–water partition coefficient (Wildman–Crippen LogP) is 2.49. The van der Waals surface area contributed by atoms with Gasteiger partial charge in [-0.15, -0.1) is 0 Å². The molecule has 0 aliphatic rings. The molecule has 15 heavy (non-hydrogen) atoms. The van der Waals surface area contributed by atoms with Crippen molar-refractivity contribution in [3.63, 3.8) is 0 Å². The Kier molecular flexibility index (Phi) is 3.57. The molecule has 0 saturated heterocycles. The number of pyridine rings is 1. The Balaban J connectivity index is 3.37. The number of hydrogen-bond acceptors (Lipinski definition) is 3. The molecule has 0 saturated carbocycles. The van der Waals surface area contributed by atoms with Gasteiger partial charge in [0.05, 0.1) is 7.11 Å². The molecule has 4 nitrogen and oxygen atoms in total. The summed E-state index contributed by atoms with van der Waals surface area (Å²) in [6.07, 6.45) is -2.78. The average molecular weight is 282 g/mol. The van der Waals surface area contributed by atoms with E-state index in [1.807, 2.05) is 0 Å². The van der Waals surface area contributed by atoms with Crippen LogP contribution in [0.4, 0.5) is 8.78 Å². The number of hydrogen-bond donors (Lipinski definition) is 1. The Bertz CT molecular complexity index is 398. The van der Waals surface area contributed by atoms with Gasteiger partial charge in [0.25, 0.3) is 6.43 Å². The van der Waals surface area contributed by atoms with Gasteiger partial charge >= 0.3 is 5.97 Å². The molecule has 0 radical (unpaired) electrons. The van der Waals surface area contributed by atoms with Gasteiger partial charge in [0.2, 0.25) is 0 Å². The van der Waals surface area contributed by atoms with E-state index >= 15 is 0 Å². The molecule has 7 heteroatoms. The van der Waals surface area contributed by atoms with E-state index in [1.165, 1.54) is 7.11 Å². The topological polar surface area (TPSA) is 59.4 Å². The van der Waals surface area contributed by atoms with Crippen LogP contribution in [0.5, 0.6) is 5.75 Å². The van der Waals surface area contributed by atoms with Gasteiger partial charge in [0, 0.05) is 6.07 Å². The maximum Gasteiger partial charge on any atom is 0.342 e. The van der Waals surface area contributed by atoms with Crippen molar-refractivity contribution in [1.29, 1.82) is 0 Å². The Hall–Kier alpha value is -1.24. The monoisotopic (exact) mass is 281 g/mol. The Labute approximate surface area is 92.0 Å². The third kappa shape index (κ3) is 2.41. The summed E-state index contributed by atoms with van der Waals surface area (Å²) < 4.78 is 29.1. The molecule has 0 aliphatic carbocycles. The zero-order chi connectivity index (χ0) is 11.6. The molecule has 0 atom stereocenters. The summed E-state index contributed by atoms with van der Waals surface area (Å²) in [5.41, 5.74) is -0.814. The second kappa shape index (κ2) is 4.52. The minimum absolute atomic E-state index is 0.153. The predicted molar refractivity (Wildman–Crippen MR) is 50.4 cm³/mol. The fraction of sp³-hybridized carbons (Fsp3) is 0.250. The van der Waals surface area contributed by atoms with E-state index in [1.54, 1.807) is 0 Å². The first-order chi connectivity index (χ1) is 6.97. The lowest BCUT2D eigenvalue weighted by molar-refractivity contribution is 0.0690. The lowest BCUT2D eigenvalue weighted by Crippen LogP contribution is -2.05. The van der Waals surface area contributed by atoms with Crippen molar-refractivity contribution in [3.8, 4) is 5.75 Å². The van der Waals surface area contributed by atoms with Crippen LogP contribution in [0.1, 0.15) is 22.5 Å². The van der Waals surface area contributed by atoms with Crippen molar-refractivity contribution < 1.29 is 23.4 Å². The SMILES string of the molecule is COc1cc(C(F)F)nc(Br)c1C(=O)O. The molecule has 0 bridgehead atoms. The van der Waals surface area contributed by atoms with Crippen LogP contribution < -0.4 is 4.74 Å². The molecule has 0 aliphatic heterocycles. The largest absolute Gasteiger partial charge is 0.496 e. The van der Waals surface area contributed by atoms with Gasteiger partial charge in [0.15, 0.2) is 0 Å². The van der Waals surface area contributed by atoms with Gasteiger partial charge in [-0.25, -0.2) is 18.6 Å². The molecule has 1 rings (SSSR count). The molecular weight excluding hydrogens is 276 g/mol. The first-order valence-corrected chi connectivity index (χ1v) is 4.52. The number of nitrogens with zero attached hydrogens (tertiary/aromatic N) is 1. The van der Waals surface area contributed by atoms with Gasteiger partial charge in [0.1, 0.15) is 21.6 Å². The maximum absolute atomic E-state index is 12.3. The van der Waals surface area contributed by atoms with E-state index in [4.69, 9.17) is 9.84 Å². The summed E-state index contributed by atoms with van der Waals surface area (Å²) in [6.45, 7) is 0. The van der Waals surface area contributed by atoms with Crippen LogP contribution in [0.2, 0.25) is 0 Å². The number of rotatable bonds is 3. The molecule has 1 aromatic heterocycles. The Morgan fingerprint density at radius 2 is 2.27 bits per heavy atom. The molecule has 0 spiro atoms. The number of carbonyl (C=O) groups is 1. The Morgan fingerprint density at radius 1 is 1.67 bits per heavy atom. The van der Waals surface area contributed by atoms with Gasteiger partial charge in [-0.05, 0) is 15.9 Å². The van der Waals surface area contributed by atoms with Gasteiger partial charge < -0.3 is 9.84 Å². The van der Waals surface area contributed by atoms with Crippen LogP contribution in [0.3, 0.4) is 0 Å². The maximum atomic E-state index is 12.3. The van der Waals surface area contributed by atoms with Gasteiger partial charge in [-0.1, -0.05) is 0 Å². The second-order valence-corrected chi connectivity index (χ2v) is 3.27. The molecule has 0 aromatic carbocycles. The van der Waals surface area contributed by atoms with Crippen molar-refractivity contribution in [1.82, 2.24) is 4.98 Å². The molecule has 0 unspecified atom stereocenters.